The summed E-state index contributed by atoms with van der Waals surface area (Å²) in [5, 5.41) is 4.47. The van der Waals surface area contributed by atoms with Crippen LogP contribution in [-0.2, 0) is 4.74 Å². The molecular formula is C29H29N5O3. The van der Waals surface area contributed by atoms with Gasteiger partial charge in [-0.2, -0.15) is 5.10 Å². The molecule has 0 radical (unpaired) electrons. The van der Waals surface area contributed by atoms with Crippen LogP contribution in [0.15, 0.2) is 79.0 Å². The third kappa shape index (κ3) is 5.23. The van der Waals surface area contributed by atoms with Crippen molar-refractivity contribution in [3.63, 3.8) is 0 Å². The zero-order valence-electron chi connectivity index (χ0n) is 21.0. The smallest absolute Gasteiger partial charge is 0.358 e. The highest BCUT2D eigenvalue weighted by Gasteiger charge is 2.23. The van der Waals surface area contributed by atoms with Crippen molar-refractivity contribution < 1.29 is 14.3 Å². The summed E-state index contributed by atoms with van der Waals surface area (Å²) >= 11 is 0. The normalized spacial score (nSPS) is 13.5. The molecule has 2 aromatic carbocycles. The van der Waals surface area contributed by atoms with Gasteiger partial charge in [0.15, 0.2) is 11.5 Å². The standard InChI is InChI=1S/C29H29N5O3/c1-3-37-29(36)25-20-26(34(31-25)27-6-4-5-15-30-27)22-11-13-24(14-12-22)32-16-18-33(19-17-32)28(35)23-9-7-21(2)8-10-23/h4-15,20H,3,16-19H2,1-2H3. The molecule has 0 bridgehead atoms. The molecule has 2 aromatic heterocycles. The van der Waals surface area contributed by atoms with E-state index in [1.54, 1.807) is 23.9 Å². The van der Waals surface area contributed by atoms with Gasteiger partial charge in [0.2, 0.25) is 0 Å². The molecule has 0 aliphatic carbocycles. The minimum absolute atomic E-state index is 0.0789. The van der Waals surface area contributed by atoms with Crippen LogP contribution in [0.5, 0.6) is 0 Å². The first-order valence-corrected chi connectivity index (χ1v) is 12.4. The Balaban J connectivity index is 1.32. The van der Waals surface area contributed by atoms with Crippen LogP contribution in [-0.4, -0.2) is 64.3 Å². The first-order chi connectivity index (χ1) is 18.0. The summed E-state index contributed by atoms with van der Waals surface area (Å²) < 4.78 is 6.82. The Kier molecular flexibility index (Phi) is 6.98. The fraction of sp³-hybridized carbons (Fsp3) is 0.241. The lowest BCUT2D eigenvalue weighted by molar-refractivity contribution is 0.0518. The minimum Gasteiger partial charge on any atom is -0.461 e. The third-order valence-corrected chi connectivity index (χ3v) is 6.45. The quantitative estimate of drug-likeness (QED) is 0.369. The van der Waals surface area contributed by atoms with Gasteiger partial charge in [-0.05, 0) is 56.3 Å². The van der Waals surface area contributed by atoms with Gasteiger partial charge in [0.25, 0.3) is 5.91 Å². The molecule has 188 valence electrons. The highest BCUT2D eigenvalue weighted by atomic mass is 16.5. The zero-order chi connectivity index (χ0) is 25.8. The van der Waals surface area contributed by atoms with Crippen LogP contribution in [0.3, 0.4) is 0 Å². The Bertz CT molecular complexity index is 1370. The van der Waals surface area contributed by atoms with Gasteiger partial charge in [0, 0.05) is 49.2 Å². The second-order valence-electron chi connectivity index (χ2n) is 8.93. The molecule has 37 heavy (non-hydrogen) atoms. The summed E-state index contributed by atoms with van der Waals surface area (Å²) in [7, 11) is 0. The molecule has 1 fully saturated rings. The van der Waals surface area contributed by atoms with E-state index in [1.807, 2.05) is 66.4 Å². The number of hydrogen-bond acceptors (Lipinski definition) is 6. The summed E-state index contributed by atoms with van der Waals surface area (Å²) in [6, 6.07) is 23.2. The summed E-state index contributed by atoms with van der Waals surface area (Å²) in [5.41, 5.74) is 4.86. The number of aryl methyl sites for hydroxylation is 1. The molecule has 0 atom stereocenters. The third-order valence-electron chi connectivity index (χ3n) is 6.45. The van der Waals surface area contributed by atoms with Gasteiger partial charge in [-0.15, -0.1) is 0 Å². The van der Waals surface area contributed by atoms with Crippen LogP contribution in [0.4, 0.5) is 5.69 Å². The van der Waals surface area contributed by atoms with Gasteiger partial charge in [0.05, 0.1) is 12.3 Å². The van der Waals surface area contributed by atoms with Crippen molar-refractivity contribution in [2.75, 3.05) is 37.7 Å². The highest BCUT2D eigenvalue weighted by Crippen LogP contribution is 2.27. The van der Waals surface area contributed by atoms with Crippen LogP contribution >= 0.6 is 0 Å². The van der Waals surface area contributed by atoms with Gasteiger partial charge in [0.1, 0.15) is 0 Å². The molecule has 0 spiro atoms. The van der Waals surface area contributed by atoms with Crippen molar-refractivity contribution in [3.8, 4) is 17.1 Å². The van der Waals surface area contributed by atoms with Crippen molar-refractivity contribution in [2.24, 2.45) is 0 Å². The average Bonchev–Trinajstić information content (AvgIpc) is 3.40. The second-order valence-corrected chi connectivity index (χ2v) is 8.93. The minimum atomic E-state index is -0.465. The number of nitrogens with zero attached hydrogens (tertiary/aromatic N) is 5. The number of esters is 1. The van der Waals surface area contributed by atoms with E-state index >= 15 is 0 Å². The largest absolute Gasteiger partial charge is 0.461 e. The van der Waals surface area contributed by atoms with Gasteiger partial charge in [-0.25, -0.2) is 14.5 Å². The van der Waals surface area contributed by atoms with Crippen molar-refractivity contribution in [1.29, 1.82) is 0 Å². The molecule has 1 aliphatic rings. The van der Waals surface area contributed by atoms with Crippen LogP contribution in [0.25, 0.3) is 17.1 Å². The first-order valence-electron chi connectivity index (χ1n) is 12.4. The molecular weight excluding hydrogens is 466 g/mol. The van der Waals surface area contributed by atoms with E-state index in [1.165, 1.54) is 0 Å². The SMILES string of the molecule is CCOC(=O)c1cc(-c2ccc(N3CCN(C(=O)c4ccc(C)cc4)CC3)cc2)n(-c2ccccn2)n1. The van der Waals surface area contributed by atoms with Crippen molar-refractivity contribution >= 4 is 17.6 Å². The summed E-state index contributed by atoms with van der Waals surface area (Å²) in [6.07, 6.45) is 1.69. The second kappa shape index (κ2) is 10.7. The number of benzene rings is 2. The maximum absolute atomic E-state index is 12.9. The van der Waals surface area contributed by atoms with E-state index in [0.29, 0.717) is 18.9 Å². The average molecular weight is 496 g/mol. The Morgan fingerprint density at radius 1 is 0.919 bits per heavy atom. The van der Waals surface area contributed by atoms with Gasteiger partial charge in [-0.3, -0.25) is 4.79 Å². The number of hydrogen-bond donors (Lipinski definition) is 0. The van der Waals surface area contributed by atoms with Crippen LogP contribution in [0, 0.1) is 6.92 Å². The number of rotatable bonds is 6. The van der Waals surface area contributed by atoms with E-state index in [-0.39, 0.29) is 18.2 Å². The maximum Gasteiger partial charge on any atom is 0.358 e. The maximum atomic E-state index is 12.9. The van der Waals surface area contributed by atoms with E-state index < -0.39 is 5.97 Å². The molecule has 1 saturated heterocycles. The summed E-state index contributed by atoms with van der Waals surface area (Å²) in [6.45, 7) is 6.93. The number of pyridine rings is 1. The van der Waals surface area contributed by atoms with E-state index in [0.717, 1.165) is 41.2 Å². The Labute approximate surface area is 216 Å². The molecule has 5 rings (SSSR count). The van der Waals surface area contributed by atoms with E-state index in [2.05, 4.69) is 27.1 Å². The monoisotopic (exact) mass is 495 g/mol. The fourth-order valence-corrected chi connectivity index (χ4v) is 4.43. The molecule has 1 amide bonds. The molecule has 3 heterocycles. The van der Waals surface area contributed by atoms with Gasteiger partial charge >= 0.3 is 5.97 Å². The number of carbonyl (C=O) groups is 2. The predicted molar refractivity (Wildman–Crippen MR) is 142 cm³/mol. The fourth-order valence-electron chi connectivity index (χ4n) is 4.43. The summed E-state index contributed by atoms with van der Waals surface area (Å²) in [5.74, 6) is 0.231. The Morgan fingerprint density at radius 3 is 2.30 bits per heavy atom. The van der Waals surface area contributed by atoms with Gasteiger partial charge in [-0.1, -0.05) is 35.9 Å². The zero-order valence-corrected chi connectivity index (χ0v) is 21.0. The molecule has 8 nitrogen and oxygen atoms in total. The molecule has 1 aliphatic heterocycles. The Morgan fingerprint density at radius 2 is 1.65 bits per heavy atom. The van der Waals surface area contributed by atoms with Crippen LogP contribution in [0.1, 0.15) is 33.3 Å². The Hall–Kier alpha value is -4.46. The first kappa shape index (κ1) is 24.2. The number of amides is 1. The van der Waals surface area contributed by atoms with Crippen molar-refractivity contribution in [3.05, 3.63) is 95.8 Å². The lowest BCUT2D eigenvalue weighted by atomic mass is 10.1. The number of piperazine rings is 1. The number of carbonyl (C=O) groups excluding carboxylic acids is 2. The summed E-state index contributed by atoms with van der Waals surface area (Å²) in [4.78, 5) is 33.8. The van der Waals surface area contributed by atoms with Crippen molar-refractivity contribution in [1.82, 2.24) is 19.7 Å². The predicted octanol–water partition coefficient (Wildman–Crippen LogP) is 4.38. The number of ether oxygens (including phenoxy) is 1. The molecule has 4 aromatic rings. The lowest BCUT2D eigenvalue weighted by Crippen LogP contribution is -2.48. The lowest BCUT2D eigenvalue weighted by Gasteiger charge is -2.36. The highest BCUT2D eigenvalue weighted by molar-refractivity contribution is 5.94. The molecule has 0 unspecified atom stereocenters. The van der Waals surface area contributed by atoms with E-state index in [9.17, 15) is 9.59 Å². The molecule has 0 N–H and O–H groups in total. The number of anilines is 1. The van der Waals surface area contributed by atoms with Gasteiger partial charge < -0.3 is 14.5 Å². The van der Waals surface area contributed by atoms with E-state index in [4.69, 9.17) is 4.74 Å². The van der Waals surface area contributed by atoms with Crippen LogP contribution in [0.2, 0.25) is 0 Å². The van der Waals surface area contributed by atoms with Crippen molar-refractivity contribution in [2.45, 2.75) is 13.8 Å². The molecule has 8 heteroatoms. The molecule has 0 saturated carbocycles. The number of aromatic nitrogens is 3. The van der Waals surface area contributed by atoms with Crippen LogP contribution < -0.4 is 4.90 Å². The topological polar surface area (TPSA) is 80.6 Å².